The third kappa shape index (κ3) is 3.81. The third-order valence-electron chi connectivity index (χ3n) is 1.64. The van der Waals surface area contributed by atoms with Gasteiger partial charge in [0.1, 0.15) is 0 Å². The molecule has 0 aromatic heterocycles. The molecule has 0 radical (unpaired) electrons. The van der Waals surface area contributed by atoms with Gasteiger partial charge >= 0.3 is 0 Å². The van der Waals surface area contributed by atoms with Crippen molar-refractivity contribution in [3.8, 4) is 0 Å². The topological polar surface area (TPSA) is 29.1 Å². The van der Waals surface area contributed by atoms with Crippen LogP contribution in [0.25, 0.3) is 0 Å². The summed E-state index contributed by atoms with van der Waals surface area (Å²) in [5.74, 6) is -0.0419. The summed E-state index contributed by atoms with van der Waals surface area (Å²) in [6.45, 7) is 7.36. The van der Waals surface area contributed by atoms with Gasteiger partial charge in [-0.25, -0.2) is 0 Å². The van der Waals surface area contributed by atoms with Crippen molar-refractivity contribution in [1.82, 2.24) is 5.32 Å². The number of nitrogens with one attached hydrogen (secondary N) is 1. The number of carbonyl (C=O) groups excluding carboxylic acids is 1. The summed E-state index contributed by atoms with van der Waals surface area (Å²) >= 11 is 0. The minimum atomic E-state index is -0.0419. The molecule has 0 spiro atoms. The van der Waals surface area contributed by atoms with E-state index in [-0.39, 0.29) is 5.91 Å². The molecule has 0 aromatic carbocycles. The van der Waals surface area contributed by atoms with Crippen LogP contribution >= 0.6 is 0 Å². The van der Waals surface area contributed by atoms with E-state index in [1.165, 1.54) is 12.5 Å². The molecule has 0 aromatic rings. The Bertz CT molecular complexity index is 128. The largest absolute Gasteiger partial charge is 0.350 e. The summed E-state index contributed by atoms with van der Waals surface area (Å²) in [7, 11) is 0. The normalized spacial score (nSPS) is 15.5. The van der Waals surface area contributed by atoms with E-state index in [0.29, 0.717) is 6.04 Å². The van der Waals surface area contributed by atoms with Crippen LogP contribution in [0.3, 0.4) is 0 Å². The van der Waals surface area contributed by atoms with Gasteiger partial charge in [-0.1, -0.05) is 20.4 Å². The molecule has 0 atom stereocenters. The first-order chi connectivity index (χ1) is 5.33. The van der Waals surface area contributed by atoms with E-state index in [2.05, 4.69) is 11.9 Å². The number of hydrogen-bond acceptors (Lipinski definition) is 1. The number of rotatable bonds is 2. The van der Waals surface area contributed by atoms with Crippen molar-refractivity contribution in [2.45, 2.75) is 39.2 Å². The lowest BCUT2D eigenvalue weighted by atomic mass is 9.93. The Kier molecular flexibility index (Phi) is 5.53. The molecular weight excluding hydrogens is 138 g/mol. The summed E-state index contributed by atoms with van der Waals surface area (Å²) in [5, 5.41) is 2.81. The third-order valence-corrected chi connectivity index (χ3v) is 1.64. The van der Waals surface area contributed by atoms with E-state index in [0.717, 1.165) is 12.8 Å². The van der Waals surface area contributed by atoms with Gasteiger partial charge in [-0.05, 0) is 25.3 Å². The zero-order chi connectivity index (χ0) is 8.69. The van der Waals surface area contributed by atoms with Gasteiger partial charge < -0.3 is 5.32 Å². The second-order valence-corrected chi connectivity index (χ2v) is 2.34. The molecule has 1 aliphatic carbocycles. The van der Waals surface area contributed by atoms with E-state index in [1.54, 1.807) is 0 Å². The van der Waals surface area contributed by atoms with Crippen molar-refractivity contribution >= 4 is 5.91 Å². The van der Waals surface area contributed by atoms with E-state index in [1.807, 2.05) is 13.8 Å². The maximum Gasteiger partial charge on any atom is 0.243 e. The zero-order valence-corrected chi connectivity index (χ0v) is 7.39. The standard InChI is InChI=1S/C7H11NO.C2H6/c1-2-7(9)8-6-4-3-5-6;1-2/h2,6H,1,3-5H2,(H,8,9);1-2H3. The molecule has 0 saturated heterocycles. The number of carbonyl (C=O) groups is 1. The van der Waals surface area contributed by atoms with Gasteiger partial charge in [-0.15, -0.1) is 0 Å². The highest BCUT2D eigenvalue weighted by atomic mass is 16.1. The van der Waals surface area contributed by atoms with Crippen LogP contribution in [0.5, 0.6) is 0 Å². The lowest BCUT2D eigenvalue weighted by molar-refractivity contribution is -0.117. The van der Waals surface area contributed by atoms with Crippen LogP contribution in [0.1, 0.15) is 33.1 Å². The van der Waals surface area contributed by atoms with Crippen molar-refractivity contribution < 1.29 is 4.79 Å². The van der Waals surface area contributed by atoms with Crippen molar-refractivity contribution in [2.24, 2.45) is 0 Å². The molecule has 0 heterocycles. The second-order valence-electron chi connectivity index (χ2n) is 2.34. The van der Waals surface area contributed by atoms with Crippen molar-refractivity contribution in [2.75, 3.05) is 0 Å². The van der Waals surface area contributed by atoms with Crippen molar-refractivity contribution in [3.63, 3.8) is 0 Å². The van der Waals surface area contributed by atoms with Crippen LogP contribution in [0.4, 0.5) is 0 Å². The molecule has 1 aliphatic rings. The average Bonchev–Trinajstić information content (AvgIpc) is 2.00. The fraction of sp³-hybridized carbons (Fsp3) is 0.667. The molecule has 1 rings (SSSR count). The molecule has 0 unspecified atom stereocenters. The van der Waals surface area contributed by atoms with E-state index in [4.69, 9.17) is 0 Å². The summed E-state index contributed by atoms with van der Waals surface area (Å²) in [5.41, 5.74) is 0. The molecule has 0 bridgehead atoms. The van der Waals surface area contributed by atoms with Gasteiger partial charge in [0.15, 0.2) is 0 Å². The molecule has 1 N–H and O–H groups in total. The number of hydrogen-bond donors (Lipinski definition) is 1. The Morgan fingerprint density at radius 1 is 1.55 bits per heavy atom. The van der Waals surface area contributed by atoms with E-state index < -0.39 is 0 Å². The summed E-state index contributed by atoms with van der Waals surface area (Å²) in [6.07, 6.45) is 4.85. The monoisotopic (exact) mass is 155 g/mol. The summed E-state index contributed by atoms with van der Waals surface area (Å²) in [6, 6.07) is 0.440. The van der Waals surface area contributed by atoms with Crippen LogP contribution < -0.4 is 5.32 Å². The smallest absolute Gasteiger partial charge is 0.243 e. The Morgan fingerprint density at radius 2 is 2.09 bits per heavy atom. The molecule has 64 valence electrons. The SMILES string of the molecule is C=CC(=O)NC1CCC1.CC. The molecule has 11 heavy (non-hydrogen) atoms. The first kappa shape index (κ1) is 10.2. The Hall–Kier alpha value is -0.790. The lowest BCUT2D eigenvalue weighted by Gasteiger charge is -2.25. The predicted molar refractivity (Wildman–Crippen MR) is 47.3 cm³/mol. The predicted octanol–water partition coefficient (Wildman–Crippen LogP) is 1.87. The molecule has 1 fully saturated rings. The van der Waals surface area contributed by atoms with E-state index in [9.17, 15) is 4.79 Å². The summed E-state index contributed by atoms with van der Waals surface area (Å²) in [4.78, 5) is 10.6. The molecule has 2 nitrogen and oxygen atoms in total. The maximum absolute atomic E-state index is 10.6. The van der Waals surface area contributed by atoms with E-state index >= 15 is 0 Å². The highest BCUT2D eigenvalue weighted by Crippen LogP contribution is 2.17. The fourth-order valence-electron chi connectivity index (χ4n) is 0.813. The first-order valence-electron chi connectivity index (χ1n) is 4.26. The fourth-order valence-corrected chi connectivity index (χ4v) is 0.813. The first-order valence-corrected chi connectivity index (χ1v) is 4.26. The van der Waals surface area contributed by atoms with Gasteiger partial charge in [-0.3, -0.25) is 4.79 Å². The maximum atomic E-state index is 10.6. The van der Waals surface area contributed by atoms with Crippen LogP contribution in [0.15, 0.2) is 12.7 Å². The summed E-state index contributed by atoms with van der Waals surface area (Å²) < 4.78 is 0. The second kappa shape index (κ2) is 5.96. The van der Waals surface area contributed by atoms with Gasteiger partial charge in [0, 0.05) is 6.04 Å². The van der Waals surface area contributed by atoms with Crippen LogP contribution in [-0.4, -0.2) is 11.9 Å². The Balaban J connectivity index is 0.000000461. The quantitative estimate of drug-likeness (QED) is 0.606. The zero-order valence-electron chi connectivity index (χ0n) is 7.39. The molecule has 0 aliphatic heterocycles. The highest BCUT2D eigenvalue weighted by Gasteiger charge is 2.17. The molecule has 2 heteroatoms. The average molecular weight is 155 g/mol. The number of amides is 1. The van der Waals surface area contributed by atoms with Crippen LogP contribution in [0, 0.1) is 0 Å². The molecule has 1 amide bonds. The van der Waals surface area contributed by atoms with Gasteiger partial charge in [0.05, 0.1) is 0 Å². The minimum absolute atomic E-state index is 0.0419. The highest BCUT2D eigenvalue weighted by molar-refractivity contribution is 5.87. The van der Waals surface area contributed by atoms with Gasteiger partial charge in [-0.2, -0.15) is 0 Å². The van der Waals surface area contributed by atoms with Crippen LogP contribution in [0.2, 0.25) is 0 Å². The van der Waals surface area contributed by atoms with Gasteiger partial charge in [0.25, 0.3) is 0 Å². The Morgan fingerprint density at radius 3 is 2.36 bits per heavy atom. The van der Waals surface area contributed by atoms with Gasteiger partial charge in [0.2, 0.25) is 5.91 Å². The molecular formula is C9H17NO. The Labute approximate surface area is 68.7 Å². The van der Waals surface area contributed by atoms with Crippen molar-refractivity contribution in [1.29, 1.82) is 0 Å². The molecule has 1 saturated carbocycles. The van der Waals surface area contributed by atoms with Crippen LogP contribution in [-0.2, 0) is 4.79 Å². The van der Waals surface area contributed by atoms with Crippen molar-refractivity contribution in [3.05, 3.63) is 12.7 Å². The lowest BCUT2D eigenvalue weighted by Crippen LogP contribution is -2.38. The minimum Gasteiger partial charge on any atom is -0.350 e.